The molecule has 1 amide bonds. The third-order valence-corrected chi connectivity index (χ3v) is 3.09. The molecular weight excluding hydrogens is 248 g/mol. The van der Waals surface area contributed by atoms with Gasteiger partial charge in [0.25, 0.3) is 0 Å². The molecule has 1 fully saturated rings. The molecule has 1 aromatic rings. The molecule has 18 heavy (non-hydrogen) atoms. The van der Waals surface area contributed by atoms with E-state index in [4.69, 9.17) is 0 Å². The van der Waals surface area contributed by atoms with Crippen molar-refractivity contribution in [3.63, 3.8) is 0 Å². The summed E-state index contributed by atoms with van der Waals surface area (Å²) in [7, 11) is 1.88. The molecule has 0 unspecified atom stereocenters. The highest BCUT2D eigenvalue weighted by molar-refractivity contribution is 5.85. The third-order valence-electron chi connectivity index (χ3n) is 3.09. The first-order valence-electron chi connectivity index (χ1n) is 6.29. The van der Waals surface area contributed by atoms with Crippen LogP contribution in [0.15, 0.2) is 30.3 Å². The Kier molecular flexibility index (Phi) is 6.16. The van der Waals surface area contributed by atoms with E-state index in [1.807, 2.05) is 30.1 Å². The normalized spacial score (nSPS) is 13.8. The summed E-state index contributed by atoms with van der Waals surface area (Å²) in [6.07, 6.45) is 2.93. The van der Waals surface area contributed by atoms with E-state index in [1.54, 1.807) is 0 Å². The van der Waals surface area contributed by atoms with Crippen LogP contribution in [0.1, 0.15) is 24.8 Å². The Morgan fingerprint density at radius 3 is 2.56 bits per heavy atom. The van der Waals surface area contributed by atoms with E-state index in [0.717, 1.165) is 25.9 Å². The van der Waals surface area contributed by atoms with Gasteiger partial charge in [-0.15, -0.1) is 12.4 Å². The number of amides is 1. The molecule has 2 rings (SSSR count). The minimum atomic E-state index is 0. The molecule has 0 aromatic heterocycles. The van der Waals surface area contributed by atoms with Crippen molar-refractivity contribution in [2.24, 2.45) is 0 Å². The molecule has 0 saturated heterocycles. The predicted molar refractivity (Wildman–Crippen MR) is 75.8 cm³/mol. The average molecular weight is 269 g/mol. The number of benzene rings is 1. The average Bonchev–Trinajstić information content (AvgIpc) is 3.18. The Hall–Kier alpha value is -1.06. The molecule has 0 spiro atoms. The van der Waals surface area contributed by atoms with Crippen LogP contribution in [0, 0.1) is 0 Å². The van der Waals surface area contributed by atoms with Gasteiger partial charge in [-0.1, -0.05) is 30.3 Å². The lowest BCUT2D eigenvalue weighted by Gasteiger charge is -2.22. The second-order valence-electron chi connectivity index (χ2n) is 4.59. The van der Waals surface area contributed by atoms with Crippen LogP contribution >= 0.6 is 12.4 Å². The van der Waals surface area contributed by atoms with E-state index in [9.17, 15) is 4.79 Å². The van der Waals surface area contributed by atoms with Gasteiger partial charge in [-0.2, -0.15) is 0 Å². The van der Waals surface area contributed by atoms with Crippen molar-refractivity contribution in [1.29, 1.82) is 0 Å². The van der Waals surface area contributed by atoms with Crippen LogP contribution in [0.3, 0.4) is 0 Å². The molecule has 0 atom stereocenters. The van der Waals surface area contributed by atoms with E-state index < -0.39 is 0 Å². The predicted octanol–water partition coefficient (Wildman–Crippen LogP) is 2.21. The maximum Gasteiger partial charge on any atom is 0.224 e. The van der Waals surface area contributed by atoms with Gasteiger partial charge in [0, 0.05) is 25.6 Å². The van der Waals surface area contributed by atoms with Crippen LogP contribution in [0.5, 0.6) is 0 Å². The van der Waals surface area contributed by atoms with E-state index in [1.165, 1.54) is 5.56 Å². The van der Waals surface area contributed by atoms with E-state index >= 15 is 0 Å². The van der Waals surface area contributed by atoms with E-state index in [2.05, 4.69) is 17.4 Å². The molecule has 1 saturated carbocycles. The summed E-state index contributed by atoms with van der Waals surface area (Å²) in [6, 6.07) is 10.7. The molecule has 0 heterocycles. The molecule has 3 nitrogen and oxygen atoms in total. The van der Waals surface area contributed by atoms with Gasteiger partial charge in [0.05, 0.1) is 0 Å². The van der Waals surface area contributed by atoms with Crippen molar-refractivity contribution in [3.8, 4) is 0 Å². The molecule has 1 aromatic carbocycles. The summed E-state index contributed by atoms with van der Waals surface area (Å²) in [6.45, 7) is 1.52. The van der Waals surface area contributed by atoms with Gasteiger partial charge in [-0.05, 0) is 25.5 Å². The Labute approximate surface area is 115 Å². The maximum absolute atomic E-state index is 12.1. The van der Waals surface area contributed by atoms with Crippen molar-refractivity contribution < 1.29 is 4.79 Å². The molecule has 4 heteroatoms. The number of halogens is 1. The van der Waals surface area contributed by atoms with Crippen LogP contribution < -0.4 is 5.32 Å². The molecule has 100 valence electrons. The van der Waals surface area contributed by atoms with Crippen molar-refractivity contribution >= 4 is 18.3 Å². The van der Waals surface area contributed by atoms with Crippen LogP contribution in [-0.4, -0.2) is 30.4 Å². The minimum absolute atomic E-state index is 0. The molecule has 1 aliphatic carbocycles. The lowest BCUT2D eigenvalue weighted by molar-refractivity contribution is -0.132. The molecule has 0 aliphatic heterocycles. The second-order valence-corrected chi connectivity index (χ2v) is 4.59. The highest BCUT2D eigenvalue weighted by Gasteiger charge is 2.31. The van der Waals surface area contributed by atoms with Crippen molar-refractivity contribution in [1.82, 2.24) is 10.2 Å². The number of nitrogens with one attached hydrogen (secondary N) is 1. The van der Waals surface area contributed by atoms with E-state index in [-0.39, 0.29) is 18.3 Å². The number of nitrogens with zero attached hydrogens (tertiary/aromatic N) is 1. The maximum atomic E-state index is 12.1. The number of carbonyl (C=O) groups is 1. The van der Waals surface area contributed by atoms with Crippen LogP contribution in [0.4, 0.5) is 0 Å². The topological polar surface area (TPSA) is 32.3 Å². The first kappa shape index (κ1) is 15.0. The number of hydrogen-bond donors (Lipinski definition) is 1. The van der Waals surface area contributed by atoms with Gasteiger partial charge in [0.15, 0.2) is 0 Å². The Morgan fingerprint density at radius 2 is 2.00 bits per heavy atom. The van der Waals surface area contributed by atoms with Crippen LogP contribution in [0.2, 0.25) is 0 Å². The Bertz CT molecular complexity index is 365. The fraction of sp³-hybridized carbons (Fsp3) is 0.500. The fourth-order valence-electron chi connectivity index (χ4n) is 1.96. The number of carbonyl (C=O) groups excluding carboxylic acids is 1. The number of hydrogen-bond acceptors (Lipinski definition) is 2. The third kappa shape index (κ3) is 4.31. The molecular formula is C14H21ClN2O. The molecule has 0 radical (unpaired) electrons. The summed E-state index contributed by atoms with van der Waals surface area (Å²) < 4.78 is 0. The SMILES string of the molecule is CNCCC(=O)N(Cc1ccccc1)C1CC1.Cl. The molecule has 0 bridgehead atoms. The quantitative estimate of drug-likeness (QED) is 0.858. The highest BCUT2D eigenvalue weighted by atomic mass is 35.5. The monoisotopic (exact) mass is 268 g/mol. The van der Waals surface area contributed by atoms with Gasteiger partial charge in [0.1, 0.15) is 0 Å². The minimum Gasteiger partial charge on any atom is -0.335 e. The standard InChI is InChI=1S/C14H20N2O.ClH/c1-15-10-9-14(17)16(13-7-8-13)11-12-5-3-2-4-6-12;/h2-6,13,15H,7-11H2,1H3;1H. The van der Waals surface area contributed by atoms with Crippen molar-refractivity contribution in [2.75, 3.05) is 13.6 Å². The van der Waals surface area contributed by atoms with Crippen LogP contribution in [-0.2, 0) is 11.3 Å². The summed E-state index contributed by atoms with van der Waals surface area (Å²) in [5, 5.41) is 3.03. The Balaban J connectivity index is 0.00000162. The zero-order valence-electron chi connectivity index (χ0n) is 10.8. The zero-order chi connectivity index (χ0) is 12.1. The van der Waals surface area contributed by atoms with Gasteiger partial charge in [-0.3, -0.25) is 4.79 Å². The van der Waals surface area contributed by atoms with Gasteiger partial charge >= 0.3 is 0 Å². The number of rotatable bonds is 6. The van der Waals surface area contributed by atoms with Gasteiger partial charge in [0.2, 0.25) is 5.91 Å². The largest absolute Gasteiger partial charge is 0.335 e. The summed E-state index contributed by atoms with van der Waals surface area (Å²) in [5.41, 5.74) is 1.22. The lowest BCUT2D eigenvalue weighted by Crippen LogP contribution is -2.34. The Morgan fingerprint density at radius 1 is 1.33 bits per heavy atom. The second kappa shape index (κ2) is 7.39. The molecule has 1 aliphatic rings. The summed E-state index contributed by atoms with van der Waals surface area (Å²) in [4.78, 5) is 14.1. The van der Waals surface area contributed by atoms with Gasteiger partial charge < -0.3 is 10.2 Å². The fourth-order valence-corrected chi connectivity index (χ4v) is 1.96. The van der Waals surface area contributed by atoms with Crippen molar-refractivity contribution in [2.45, 2.75) is 31.8 Å². The lowest BCUT2D eigenvalue weighted by atomic mass is 10.2. The highest BCUT2D eigenvalue weighted by Crippen LogP contribution is 2.28. The summed E-state index contributed by atoms with van der Waals surface area (Å²) >= 11 is 0. The first-order chi connectivity index (χ1) is 8.31. The van der Waals surface area contributed by atoms with Crippen LogP contribution in [0.25, 0.3) is 0 Å². The summed E-state index contributed by atoms with van der Waals surface area (Å²) in [5.74, 6) is 0.269. The van der Waals surface area contributed by atoms with Gasteiger partial charge in [-0.25, -0.2) is 0 Å². The zero-order valence-corrected chi connectivity index (χ0v) is 11.6. The smallest absolute Gasteiger partial charge is 0.224 e. The van der Waals surface area contributed by atoms with E-state index in [0.29, 0.717) is 12.5 Å². The van der Waals surface area contributed by atoms with Crippen molar-refractivity contribution in [3.05, 3.63) is 35.9 Å². The first-order valence-corrected chi connectivity index (χ1v) is 6.29. The molecule has 1 N–H and O–H groups in total.